The number of rotatable bonds is 9. The quantitative estimate of drug-likeness (QED) is 0.654. The maximum absolute atomic E-state index is 12.5. The van der Waals surface area contributed by atoms with Gasteiger partial charge in [-0.05, 0) is 12.1 Å². The molecule has 0 fully saturated rings. The van der Waals surface area contributed by atoms with Crippen molar-refractivity contribution in [3.8, 4) is 5.75 Å². The molecule has 0 aliphatic carbocycles. The van der Waals surface area contributed by atoms with Crippen LogP contribution in [0.15, 0.2) is 41.3 Å². The molecule has 0 atom stereocenters. The van der Waals surface area contributed by atoms with Crippen molar-refractivity contribution in [2.45, 2.75) is 4.90 Å². The lowest BCUT2D eigenvalue weighted by molar-refractivity contribution is 0.199. The summed E-state index contributed by atoms with van der Waals surface area (Å²) in [6, 6.07) is 10.5. The Balaban J connectivity index is 0.00000288. The lowest BCUT2D eigenvalue weighted by Gasteiger charge is -2.12. The van der Waals surface area contributed by atoms with Crippen LogP contribution >= 0.6 is 12.4 Å². The van der Waals surface area contributed by atoms with Gasteiger partial charge in [-0.1, -0.05) is 24.3 Å². The first kappa shape index (κ1) is 20.7. The maximum Gasteiger partial charge on any atom is 0.241 e. The van der Waals surface area contributed by atoms with Crippen LogP contribution in [0, 0.1) is 0 Å². The predicted molar refractivity (Wildman–Crippen MR) is 97.7 cm³/mol. The van der Waals surface area contributed by atoms with E-state index in [1.807, 2.05) is 18.2 Å². The number of nitrogens with one attached hydrogen (secondary N) is 2. The highest BCUT2D eigenvalue weighted by Crippen LogP contribution is 2.30. The standard InChI is InChI=1S/C16H22N2O4S.ClH/c1-21-12-11-17-9-10-18-23(19,20)16-8-7-15(22-2)13-5-3-4-6-14(13)16;/h3-8,17-18H,9-12H2,1-2H3;1H. The molecule has 0 saturated carbocycles. The first-order valence-corrected chi connectivity index (χ1v) is 8.83. The van der Waals surface area contributed by atoms with E-state index in [2.05, 4.69) is 10.0 Å². The molecular formula is C16H23ClN2O4S. The minimum atomic E-state index is -3.58. The molecule has 0 radical (unpaired) electrons. The molecular weight excluding hydrogens is 352 g/mol. The number of halogens is 1. The van der Waals surface area contributed by atoms with Crippen LogP contribution in [0.5, 0.6) is 5.75 Å². The lowest BCUT2D eigenvalue weighted by atomic mass is 10.1. The van der Waals surface area contributed by atoms with Gasteiger partial charge < -0.3 is 14.8 Å². The number of hydrogen-bond acceptors (Lipinski definition) is 5. The van der Waals surface area contributed by atoms with Crippen LogP contribution in [0.1, 0.15) is 0 Å². The zero-order chi connectivity index (χ0) is 16.7. The van der Waals surface area contributed by atoms with E-state index in [0.717, 1.165) is 5.39 Å². The molecule has 24 heavy (non-hydrogen) atoms. The Hall–Kier alpha value is -1.38. The van der Waals surface area contributed by atoms with Gasteiger partial charge in [0.2, 0.25) is 10.0 Å². The normalized spacial score (nSPS) is 11.2. The molecule has 0 aromatic heterocycles. The fraction of sp³-hybridized carbons (Fsp3) is 0.375. The van der Waals surface area contributed by atoms with Gasteiger partial charge in [-0.3, -0.25) is 0 Å². The van der Waals surface area contributed by atoms with Crippen molar-refractivity contribution in [2.75, 3.05) is 40.5 Å². The average molecular weight is 375 g/mol. The van der Waals surface area contributed by atoms with Gasteiger partial charge in [0.1, 0.15) is 5.75 Å². The summed E-state index contributed by atoms with van der Waals surface area (Å²) in [7, 11) is -0.388. The molecule has 134 valence electrons. The molecule has 2 aromatic carbocycles. The van der Waals surface area contributed by atoms with E-state index in [4.69, 9.17) is 9.47 Å². The molecule has 8 heteroatoms. The van der Waals surface area contributed by atoms with Crippen LogP contribution in [0.25, 0.3) is 10.8 Å². The summed E-state index contributed by atoms with van der Waals surface area (Å²) in [5, 5.41) is 4.51. The summed E-state index contributed by atoms with van der Waals surface area (Å²) in [6.07, 6.45) is 0. The van der Waals surface area contributed by atoms with Crippen molar-refractivity contribution in [1.29, 1.82) is 0 Å². The van der Waals surface area contributed by atoms with E-state index in [1.54, 1.807) is 32.4 Å². The molecule has 0 heterocycles. The summed E-state index contributed by atoms with van der Waals surface area (Å²) in [5.41, 5.74) is 0. The monoisotopic (exact) mass is 374 g/mol. The largest absolute Gasteiger partial charge is 0.496 e. The van der Waals surface area contributed by atoms with E-state index in [1.165, 1.54) is 0 Å². The summed E-state index contributed by atoms with van der Waals surface area (Å²) in [5.74, 6) is 0.654. The number of fused-ring (bicyclic) bond motifs is 1. The molecule has 2 N–H and O–H groups in total. The van der Waals surface area contributed by atoms with Crippen LogP contribution in [0.2, 0.25) is 0 Å². The Labute approximate surface area is 149 Å². The molecule has 0 spiro atoms. The van der Waals surface area contributed by atoms with Crippen molar-refractivity contribution >= 4 is 33.2 Å². The van der Waals surface area contributed by atoms with Gasteiger partial charge in [-0.2, -0.15) is 0 Å². The van der Waals surface area contributed by atoms with Crippen molar-refractivity contribution in [2.24, 2.45) is 0 Å². The third-order valence-electron chi connectivity index (χ3n) is 3.43. The molecule has 0 aliphatic rings. The van der Waals surface area contributed by atoms with Crippen LogP contribution in [-0.2, 0) is 14.8 Å². The van der Waals surface area contributed by atoms with E-state index >= 15 is 0 Å². The number of ether oxygens (including phenoxy) is 2. The van der Waals surface area contributed by atoms with Gasteiger partial charge in [0.05, 0.1) is 18.6 Å². The second-order valence-corrected chi connectivity index (χ2v) is 6.69. The van der Waals surface area contributed by atoms with Crippen molar-refractivity contribution in [3.63, 3.8) is 0 Å². The molecule has 6 nitrogen and oxygen atoms in total. The number of benzene rings is 2. The number of sulfonamides is 1. The summed E-state index contributed by atoms with van der Waals surface area (Å²) in [4.78, 5) is 0.255. The van der Waals surface area contributed by atoms with Crippen LogP contribution in [0.3, 0.4) is 0 Å². The van der Waals surface area contributed by atoms with E-state index in [9.17, 15) is 8.42 Å². The Bertz CT molecular complexity index is 753. The fourth-order valence-corrected chi connectivity index (χ4v) is 3.55. The highest BCUT2D eigenvalue weighted by atomic mass is 35.5. The van der Waals surface area contributed by atoms with Crippen molar-refractivity contribution in [1.82, 2.24) is 10.0 Å². The van der Waals surface area contributed by atoms with Crippen LogP contribution in [-0.4, -0.2) is 48.9 Å². The molecule has 0 unspecified atom stereocenters. The summed E-state index contributed by atoms with van der Waals surface area (Å²) in [6.45, 7) is 2.13. The van der Waals surface area contributed by atoms with E-state index in [-0.39, 0.29) is 17.3 Å². The molecule has 0 amide bonds. The molecule has 0 aliphatic heterocycles. The highest BCUT2D eigenvalue weighted by molar-refractivity contribution is 7.89. The minimum Gasteiger partial charge on any atom is -0.496 e. The van der Waals surface area contributed by atoms with Crippen LogP contribution in [0.4, 0.5) is 0 Å². The van der Waals surface area contributed by atoms with Gasteiger partial charge in [-0.15, -0.1) is 12.4 Å². The molecule has 2 aromatic rings. The lowest BCUT2D eigenvalue weighted by Crippen LogP contribution is -2.33. The fourth-order valence-electron chi connectivity index (χ4n) is 2.31. The predicted octanol–water partition coefficient (Wildman–Crippen LogP) is 1.78. The van der Waals surface area contributed by atoms with Gasteiger partial charge >= 0.3 is 0 Å². The molecule has 0 saturated heterocycles. The maximum atomic E-state index is 12.5. The minimum absolute atomic E-state index is 0. The SMILES string of the molecule is COCCNCCNS(=O)(=O)c1ccc(OC)c2ccccc12.Cl. The van der Waals surface area contributed by atoms with Crippen LogP contribution < -0.4 is 14.8 Å². The molecule has 2 rings (SSSR count). The first-order chi connectivity index (χ1) is 11.1. The Morgan fingerprint density at radius 1 is 0.958 bits per heavy atom. The highest BCUT2D eigenvalue weighted by Gasteiger charge is 2.18. The van der Waals surface area contributed by atoms with Crippen molar-refractivity contribution in [3.05, 3.63) is 36.4 Å². The second kappa shape index (κ2) is 9.80. The third-order valence-corrected chi connectivity index (χ3v) is 4.95. The Morgan fingerprint density at radius 2 is 1.67 bits per heavy atom. The molecule has 0 bridgehead atoms. The zero-order valence-electron chi connectivity index (χ0n) is 13.7. The smallest absolute Gasteiger partial charge is 0.241 e. The number of methoxy groups -OCH3 is 2. The van der Waals surface area contributed by atoms with Gasteiger partial charge in [-0.25, -0.2) is 13.1 Å². The summed E-state index contributed by atoms with van der Waals surface area (Å²) < 4.78 is 37.9. The third kappa shape index (κ3) is 5.06. The first-order valence-electron chi connectivity index (χ1n) is 7.35. The summed E-state index contributed by atoms with van der Waals surface area (Å²) >= 11 is 0. The van der Waals surface area contributed by atoms with Gasteiger partial charge in [0, 0.05) is 37.5 Å². The topological polar surface area (TPSA) is 76.7 Å². The van der Waals surface area contributed by atoms with E-state index in [0.29, 0.717) is 37.4 Å². The van der Waals surface area contributed by atoms with Gasteiger partial charge in [0.25, 0.3) is 0 Å². The zero-order valence-corrected chi connectivity index (χ0v) is 15.4. The Morgan fingerprint density at radius 3 is 2.33 bits per heavy atom. The van der Waals surface area contributed by atoms with Crippen molar-refractivity contribution < 1.29 is 17.9 Å². The Kier molecular flexibility index (Phi) is 8.44. The van der Waals surface area contributed by atoms with E-state index < -0.39 is 10.0 Å². The average Bonchev–Trinajstić information content (AvgIpc) is 2.56. The number of hydrogen-bond donors (Lipinski definition) is 2. The second-order valence-electron chi connectivity index (χ2n) is 4.95. The van der Waals surface area contributed by atoms with Gasteiger partial charge in [0.15, 0.2) is 0 Å².